The Morgan fingerprint density at radius 3 is 1.87 bits per heavy atom. The van der Waals surface area contributed by atoms with Gasteiger partial charge in [-0.3, -0.25) is 0 Å². The second kappa shape index (κ2) is 5.37. The average Bonchev–Trinajstić information content (AvgIpc) is 2.02. The van der Waals surface area contributed by atoms with E-state index in [9.17, 15) is 19.8 Å². The van der Waals surface area contributed by atoms with Crippen molar-refractivity contribution in [2.24, 2.45) is 11.3 Å². The number of hydrogen-bond acceptors (Lipinski definition) is 4. The lowest BCUT2D eigenvalue weighted by Gasteiger charge is -2.38. The van der Waals surface area contributed by atoms with Gasteiger partial charge in [-0.1, -0.05) is 43.1 Å². The molecule has 86 valence electrons. The molecule has 0 bridgehead atoms. The maximum absolute atomic E-state index is 10.9. The van der Waals surface area contributed by atoms with Crippen LogP contribution < -0.4 is 10.2 Å². The molecular weight excluding hydrogens is 243 g/mol. The molecule has 0 aromatic heterocycles. The Labute approximate surface area is 97.5 Å². The molecule has 0 fully saturated rings. The molecule has 15 heavy (non-hydrogen) atoms. The zero-order chi connectivity index (χ0) is 12.2. The first-order valence-electron chi connectivity index (χ1n) is 4.19. The zero-order valence-corrected chi connectivity index (χ0v) is 9.76. The molecule has 6 heteroatoms. The van der Waals surface area contributed by atoms with E-state index in [2.05, 4.69) is 0 Å². The number of hydrogen-bond donors (Lipinski definition) is 0. The van der Waals surface area contributed by atoms with Crippen molar-refractivity contribution < 1.29 is 19.8 Å². The number of carboxylic acid groups (broad SMARTS) is 2. The first kappa shape index (κ1) is 14.3. The molecule has 0 aromatic rings. The third-order valence-electron chi connectivity index (χ3n) is 2.29. The van der Waals surface area contributed by atoms with Crippen LogP contribution in [0.4, 0.5) is 0 Å². The Hall–Kier alpha value is -0.740. The molecule has 0 unspecified atom stereocenters. The Balaban J connectivity index is 5.25. The van der Waals surface area contributed by atoms with Crippen LogP contribution in [0, 0.1) is 11.3 Å². The molecule has 4 nitrogen and oxygen atoms in total. The maximum atomic E-state index is 10.9. The highest BCUT2D eigenvalue weighted by atomic mass is 35.5. The summed E-state index contributed by atoms with van der Waals surface area (Å²) in [5.74, 6) is -4.11. The summed E-state index contributed by atoms with van der Waals surface area (Å²) in [5.41, 5.74) is -2.10. The van der Waals surface area contributed by atoms with Gasteiger partial charge in [-0.15, -0.1) is 0 Å². The van der Waals surface area contributed by atoms with Crippen molar-refractivity contribution in [1.82, 2.24) is 0 Å². The van der Waals surface area contributed by atoms with Crippen LogP contribution in [-0.4, -0.2) is 11.9 Å². The number of allylic oxidation sites excluding steroid dienone is 1. The molecule has 0 rings (SSSR count). The van der Waals surface area contributed by atoms with Crippen molar-refractivity contribution in [2.45, 2.75) is 20.3 Å². The minimum absolute atomic E-state index is 0.192. The summed E-state index contributed by atoms with van der Waals surface area (Å²) < 4.78 is -0.192. The lowest BCUT2D eigenvalue weighted by molar-refractivity contribution is -0.346. The summed E-state index contributed by atoms with van der Waals surface area (Å²) in [6, 6.07) is 0. The van der Waals surface area contributed by atoms with Crippen LogP contribution in [-0.2, 0) is 9.59 Å². The van der Waals surface area contributed by atoms with Gasteiger partial charge in [-0.2, -0.15) is 0 Å². The lowest BCUT2D eigenvalue weighted by atomic mass is 9.74. The van der Waals surface area contributed by atoms with Crippen LogP contribution in [0.3, 0.4) is 0 Å². The Morgan fingerprint density at radius 1 is 1.27 bits per heavy atom. The molecule has 0 spiro atoms. The van der Waals surface area contributed by atoms with E-state index in [0.29, 0.717) is 0 Å². The number of rotatable bonds is 5. The van der Waals surface area contributed by atoms with Gasteiger partial charge in [-0.05, 0) is 12.3 Å². The fraction of sp³-hybridized carbons (Fsp3) is 0.556. The zero-order valence-electron chi connectivity index (χ0n) is 8.25. The van der Waals surface area contributed by atoms with E-state index in [0.717, 1.165) is 6.08 Å². The van der Waals surface area contributed by atoms with Crippen LogP contribution in [0.5, 0.6) is 0 Å². The van der Waals surface area contributed by atoms with E-state index in [4.69, 9.17) is 23.2 Å². The highest BCUT2D eigenvalue weighted by molar-refractivity contribution is 6.55. The molecule has 0 aliphatic heterocycles. The Bertz CT molecular complexity index is 278. The first-order valence-corrected chi connectivity index (χ1v) is 4.94. The highest BCUT2D eigenvalue weighted by Crippen LogP contribution is 2.32. The minimum atomic E-state index is -2.10. The maximum Gasteiger partial charge on any atom is 0.102 e. The largest absolute Gasteiger partial charge is 0.549 e. The van der Waals surface area contributed by atoms with Crippen molar-refractivity contribution in [3.05, 3.63) is 10.6 Å². The fourth-order valence-corrected chi connectivity index (χ4v) is 1.35. The van der Waals surface area contributed by atoms with E-state index in [1.165, 1.54) is 13.8 Å². The molecule has 0 atom stereocenters. The minimum Gasteiger partial charge on any atom is -0.549 e. The monoisotopic (exact) mass is 252 g/mol. The van der Waals surface area contributed by atoms with Crippen LogP contribution in [0.15, 0.2) is 10.6 Å². The molecule has 0 heterocycles. The second-order valence-electron chi connectivity index (χ2n) is 3.40. The van der Waals surface area contributed by atoms with Gasteiger partial charge in [-0.25, -0.2) is 0 Å². The first-order chi connectivity index (χ1) is 6.75. The number of aliphatic carboxylic acids is 2. The molecule has 0 amide bonds. The average molecular weight is 253 g/mol. The molecule has 0 aliphatic rings. The molecule has 0 saturated carbocycles. The predicted octanol–water partition coefficient (Wildman–Crippen LogP) is -0.162. The van der Waals surface area contributed by atoms with Crippen LogP contribution in [0.1, 0.15) is 20.3 Å². The second-order valence-corrected chi connectivity index (χ2v) is 4.41. The number of halogens is 2. The van der Waals surface area contributed by atoms with Crippen LogP contribution >= 0.6 is 23.2 Å². The van der Waals surface area contributed by atoms with E-state index in [-0.39, 0.29) is 10.9 Å². The van der Waals surface area contributed by atoms with Crippen molar-refractivity contribution in [1.29, 1.82) is 0 Å². The molecule has 0 N–H and O–H groups in total. The van der Waals surface area contributed by atoms with Gasteiger partial charge in [0.2, 0.25) is 0 Å². The summed E-state index contributed by atoms with van der Waals surface area (Å²) in [6.07, 6.45) is 0.742. The standard InChI is InChI=1S/C9H12Cl2O4/c1-5(2)9(7(12)13,8(14)15)4-3-6(10)11/h3,5H,4H2,1-2H3,(H,12,13)(H,14,15)/p-2. The lowest BCUT2D eigenvalue weighted by Crippen LogP contribution is -2.56. The van der Waals surface area contributed by atoms with Crippen molar-refractivity contribution >= 4 is 35.1 Å². The van der Waals surface area contributed by atoms with E-state index >= 15 is 0 Å². The Kier molecular flexibility index (Phi) is 5.11. The number of carboxylic acids is 2. The van der Waals surface area contributed by atoms with E-state index in [1.54, 1.807) is 0 Å². The van der Waals surface area contributed by atoms with Gasteiger partial charge in [0.15, 0.2) is 0 Å². The SMILES string of the molecule is CC(C)C(CC=C(Cl)Cl)(C(=O)[O-])C(=O)[O-]. The number of carbonyl (C=O) groups is 2. The molecule has 0 aromatic carbocycles. The quantitative estimate of drug-likeness (QED) is 0.637. The molecule has 0 radical (unpaired) electrons. The third-order valence-corrected chi connectivity index (χ3v) is 2.60. The smallest absolute Gasteiger partial charge is 0.102 e. The van der Waals surface area contributed by atoms with Gasteiger partial charge in [0.05, 0.1) is 17.4 Å². The summed E-state index contributed by atoms with van der Waals surface area (Å²) in [6.45, 7) is 2.89. The van der Waals surface area contributed by atoms with Crippen LogP contribution in [0.2, 0.25) is 0 Å². The predicted molar refractivity (Wildman–Crippen MR) is 51.7 cm³/mol. The van der Waals surface area contributed by atoms with Crippen molar-refractivity contribution in [3.8, 4) is 0 Å². The van der Waals surface area contributed by atoms with Crippen LogP contribution in [0.25, 0.3) is 0 Å². The van der Waals surface area contributed by atoms with Gasteiger partial charge in [0.25, 0.3) is 0 Å². The third kappa shape index (κ3) is 3.11. The van der Waals surface area contributed by atoms with Gasteiger partial charge in [0.1, 0.15) is 4.49 Å². The molecular formula is C9H10Cl2O4-2. The normalized spacial score (nSPS) is 11.3. The summed E-state index contributed by atoms with van der Waals surface area (Å²) in [4.78, 5) is 21.7. The molecule has 0 saturated heterocycles. The number of carbonyl (C=O) groups excluding carboxylic acids is 2. The summed E-state index contributed by atoms with van der Waals surface area (Å²) in [5, 5.41) is 21.7. The molecule has 0 aliphatic carbocycles. The van der Waals surface area contributed by atoms with Crippen molar-refractivity contribution in [2.75, 3.05) is 0 Å². The van der Waals surface area contributed by atoms with Gasteiger partial charge >= 0.3 is 0 Å². The summed E-state index contributed by atoms with van der Waals surface area (Å²) >= 11 is 10.6. The fourth-order valence-electron chi connectivity index (χ4n) is 1.20. The Morgan fingerprint density at radius 2 is 1.67 bits per heavy atom. The highest BCUT2D eigenvalue weighted by Gasteiger charge is 2.36. The van der Waals surface area contributed by atoms with E-state index < -0.39 is 23.3 Å². The topological polar surface area (TPSA) is 80.3 Å². The van der Waals surface area contributed by atoms with Gasteiger partial charge in [0, 0.05) is 0 Å². The van der Waals surface area contributed by atoms with E-state index in [1.807, 2.05) is 0 Å². The van der Waals surface area contributed by atoms with Crippen molar-refractivity contribution in [3.63, 3.8) is 0 Å². The van der Waals surface area contributed by atoms with Gasteiger partial charge < -0.3 is 19.8 Å². The summed E-state index contributed by atoms with van der Waals surface area (Å²) in [7, 11) is 0.